The molecule has 0 aliphatic carbocycles. The van der Waals surface area contributed by atoms with Crippen molar-refractivity contribution in [2.75, 3.05) is 13.2 Å². The number of aliphatic carboxylic acids is 1. The molecule has 2 aromatic heterocycles. The number of hydrogen-bond acceptors (Lipinski definition) is 7. The van der Waals surface area contributed by atoms with Gasteiger partial charge in [0.1, 0.15) is 16.4 Å². The molecular weight excluding hydrogens is 308 g/mol. The van der Waals surface area contributed by atoms with Gasteiger partial charge in [-0.2, -0.15) is 0 Å². The van der Waals surface area contributed by atoms with Crippen molar-refractivity contribution in [1.82, 2.24) is 20.3 Å². The predicted octanol–water partition coefficient (Wildman–Crippen LogP) is 0.574. The summed E-state index contributed by atoms with van der Waals surface area (Å²) < 4.78 is 5.10. The molecule has 1 atom stereocenters. The Morgan fingerprint density at radius 1 is 1.41 bits per heavy atom. The summed E-state index contributed by atoms with van der Waals surface area (Å²) in [6.07, 6.45) is 4.85. The van der Waals surface area contributed by atoms with E-state index in [1.807, 2.05) is 0 Å². The SMILES string of the molecule is O=C(NC1(C(=O)O)CCOC1)c1csc(-c2cnccn2)n1. The number of aromatic nitrogens is 3. The summed E-state index contributed by atoms with van der Waals surface area (Å²) in [4.78, 5) is 35.9. The molecule has 114 valence electrons. The highest BCUT2D eigenvalue weighted by atomic mass is 32.1. The molecule has 1 unspecified atom stereocenters. The van der Waals surface area contributed by atoms with Gasteiger partial charge in [0.2, 0.25) is 0 Å². The van der Waals surface area contributed by atoms with Crippen LogP contribution in [0.4, 0.5) is 0 Å². The van der Waals surface area contributed by atoms with Crippen LogP contribution in [-0.4, -0.2) is 50.7 Å². The van der Waals surface area contributed by atoms with Crippen LogP contribution in [0.3, 0.4) is 0 Å². The lowest BCUT2D eigenvalue weighted by molar-refractivity contribution is -0.144. The van der Waals surface area contributed by atoms with E-state index in [0.29, 0.717) is 17.3 Å². The van der Waals surface area contributed by atoms with Crippen molar-refractivity contribution in [2.45, 2.75) is 12.0 Å². The summed E-state index contributed by atoms with van der Waals surface area (Å²) in [5.41, 5.74) is -0.671. The molecule has 8 nitrogen and oxygen atoms in total. The van der Waals surface area contributed by atoms with Gasteiger partial charge in [-0.3, -0.25) is 14.8 Å². The first kappa shape index (κ1) is 14.5. The Kier molecular flexibility index (Phi) is 3.82. The summed E-state index contributed by atoms with van der Waals surface area (Å²) in [6, 6.07) is 0. The van der Waals surface area contributed by atoms with Gasteiger partial charge in [-0.05, 0) is 0 Å². The molecule has 0 spiro atoms. The Bertz CT molecular complexity index is 697. The highest BCUT2D eigenvalue weighted by molar-refractivity contribution is 7.13. The van der Waals surface area contributed by atoms with Crippen LogP contribution in [-0.2, 0) is 9.53 Å². The zero-order chi connectivity index (χ0) is 15.6. The van der Waals surface area contributed by atoms with Crippen LogP contribution < -0.4 is 5.32 Å². The third kappa shape index (κ3) is 2.68. The lowest BCUT2D eigenvalue weighted by atomic mass is 9.99. The van der Waals surface area contributed by atoms with Crippen LogP contribution in [0.1, 0.15) is 16.9 Å². The molecule has 9 heteroatoms. The third-order valence-electron chi connectivity index (χ3n) is 3.30. The molecule has 22 heavy (non-hydrogen) atoms. The first-order valence-corrected chi connectivity index (χ1v) is 7.34. The number of carbonyl (C=O) groups is 2. The molecular formula is C13H12N4O4S. The molecule has 1 amide bonds. The van der Waals surface area contributed by atoms with E-state index < -0.39 is 17.4 Å². The molecule has 0 saturated carbocycles. The fourth-order valence-corrected chi connectivity index (χ4v) is 2.83. The Labute approximate surface area is 129 Å². The smallest absolute Gasteiger partial charge is 0.331 e. The largest absolute Gasteiger partial charge is 0.479 e. The summed E-state index contributed by atoms with van der Waals surface area (Å²) in [5, 5.41) is 13.9. The molecule has 2 aromatic rings. The molecule has 1 aliphatic rings. The molecule has 0 aromatic carbocycles. The molecule has 0 radical (unpaired) electrons. The van der Waals surface area contributed by atoms with E-state index in [1.165, 1.54) is 17.5 Å². The number of hydrogen-bond donors (Lipinski definition) is 2. The van der Waals surface area contributed by atoms with E-state index in [1.54, 1.807) is 17.8 Å². The van der Waals surface area contributed by atoms with Crippen molar-refractivity contribution in [3.05, 3.63) is 29.7 Å². The van der Waals surface area contributed by atoms with Gasteiger partial charge in [-0.25, -0.2) is 9.78 Å². The number of nitrogens with one attached hydrogen (secondary N) is 1. The molecule has 1 saturated heterocycles. The van der Waals surface area contributed by atoms with Crippen molar-refractivity contribution in [2.24, 2.45) is 0 Å². The number of carbonyl (C=O) groups excluding carboxylic acids is 1. The van der Waals surface area contributed by atoms with Crippen LogP contribution in [0.25, 0.3) is 10.7 Å². The van der Waals surface area contributed by atoms with Crippen molar-refractivity contribution < 1.29 is 19.4 Å². The molecule has 3 rings (SSSR count). The number of nitrogens with zero attached hydrogens (tertiary/aromatic N) is 3. The van der Waals surface area contributed by atoms with Crippen LogP contribution in [0.5, 0.6) is 0 Å². The van der Waals surface area contributed by atoms with Crippen molar-refractivity contribution >= 4 is 23.2 Å². The topological polar surface area (TPSA) is 114 Å². The summed E-state index contributed by atoms with van der Waals surface area (Å²) >= 11 is 1.24. The van der Waals surface area contributed by atoms with E-state index in [-0.39, 0.29) is 18.7 Å². The van der Waals surface area contributed by atoms with Gasteiger partial charge in [0, 0.05) is 30.8 Å². The minimum absolute atomic E-state index is 0.0464. The monoisotopic (exact) mass is 320 g/mol. The molecule has 1 aliphatic heterocycles. The quantitative estimate of drug-likeness (QED) is 0.846. The second-order valence-corrected chi connectivity index (χ2v) is 5.63. The summed E-state index contributed by atoms with van der Waals surface area (Å²) in [5.74, 6) is -1.65. The normalized spacial score (nSPS) is 20.7. The van der Waals surface area contributed by atoms with Gasteiger partial charge >= 0.3 is 5.97 Å². The molecule has 3 heterocycles. The zero-order valence-electron chi connectivity index (χ0n) is 11.4. The molecule has 1 fully saturated rings. The van der Waals surface area contributed by atoms with E-state index in [4.69, 9.17) is 4.74 Å². The lowest BCUT2D eigenvalue weighted by Gasteiger charge is -2.22. The third-order valence-corrected chi connectivity index (χ3v) is 4.17. The van der Waals surface area contributed by atoms with Gasteiger partial charge in [-0.15, -0.1) is 11.3 Å². The maximum atomic E-state index is 12.2. The highest BCUT2D eigenvalue weighted by Gasteiger charge is 2.44. The number of amides is 1. The minimum atomic E-state index is -1.38. The Morgan fingerprint density at radius 2 is 2.27 bits per heavy atom. The van der Waals surface area contributed by atoms with Crippen molar-refractivity contribution in [3.8, 4) is 10.7 Å². The number of carboxylic acids is 1. The first-order valence-electron chi connectivity index (χ1n) is 6.46. The Balaban J connectivity index is 1.79. The second-order valence-electron chi connectivity index (χ2n) is 4.77. The standard InChI is InChI=1S/C13H12N4O4S/c18-10(17-13(12(19)20)1-4-21-7-13)9-6-22-11(16-9)8-5-14-2-3-15-8/h2-3,5-6H,1,4,7H2,(H,17,18)(H,19,20). The second kappa shape index (κ2) is 5.78. The lowest BCUT2D eigenvalue weighted by Crippen LogP contribution is -2.55. The Hall–Kier alpha value is -2.39. The highest BCUT2D eigenvalue weighted by Crippen LogP contribution is 2.23. The van der Waals surface area contributed by atoms with E-state index in [0.717, 1.165) is 0 Å². The fourth-order valence-electron chi connectivity index (χ4n) is 2.07. The average Bonchev–Trinajstić information content (AvgIpc) is 3.18. The predicted molar refractivity (Wildman–Crippen MR) is 76.4 cm³/mol. The van der Waals surface area contributed by atoms with E-state index >= 15 is 0 Å². The molecule has 2 N–H and O–H groups in total. The number of ether oxygens (including phenoxy) is 1. The van der Waals surface area contributed by atoms with Gasteiger partial charge in [0.15, 0.2) is 5.54 Å². The zero-order valence-corrected chi connectivity index (χ0v) is 12.2. The summed E-state index contributed by atoms with van der Waals surface area (Å²) in [7, 11) is 0. The van der Waals surface area contributed by atoms with Crippen LogP contribution in [0, 0.1) is 0 Å². The van der Waals surface area contributed by atoms with Gasteiger partial charge in [-0.1, -0.05) is 0 Å². The van der Waals surface area contributed by atoms with Crippen LogP contribution in [0.15, 0.2) is 24.0 Å². The van der Waals surface area contributed by atoms with Crippen LogP contribution in [0.2, 0.25) is 0 Å². The number of thiazole rings is 1. The van der Waals surface area contributed by atoms with Gasteiger partial charge in [0.05, 0.1) is 12.8 Å². The minimum Gasteiger partial charge on any atom is -0.479 e. The number of carboxylic acid groups (broad SMARTS) is 1. The van der Waals surface area contributed by atoms with Crippen LogP contribution >= 0.6 is 11.3 Å². The maximum Gasteiger partial charge on any atom is 0.331 e. The first-order chi connectivity index (χ1) is 10.6. The van der Waals surface area contributed by atoms with E-state index in [2.05, 4.69) is 20.3 Å². The maximum absolute atomic E-state index is 12.2. The number of rotatable bonds is 4. The average molecular weight is 320 g/mol. The fraction of sp³-hybridized carbons (Fsp3) is 0.308. The van der Waals surface area contributed by atoms with Crippen molar-refractivity contribution in [3.63, 3.8) is 0 Å². The van der Waals surface area contributed by atoms with Crippen molar-refractivity contribution in [1.29, 1.82) is 0 Å². The molecule has 0 bridgehead atoms. The van der Waals surface area contributed by atoms with Gasteiger partial charge < -0.3 is 15.2 Å². The summed E-state index contributed by atoms with van der Waals surface area (Å²) in [6.45, 7) is 0.254. The van der Waals surface area contributed by atoms with Gasteiger partial charge in [0.25, 0.3) is 5.91 Å². The van der Waals surface area contributed by atoms with E-state index in [9.17, 15) is 14.7 Å². The Morgan fingerprint density at radius 3 is 2.91 bits per heavy atom.